The second-order valence-electron chi connectivity index (χ2n) is 10.4. The van der Waals surface area contributed by atoms with Crippen LogP contribution in [0.25, 0.3) is 28.0 Å². The van der Waals surface area contributed by atoms with Crippen molar-refractivity contribution in [2.75, 3.05) is 11.4 Å². The number of halogens is 2. The second-order valence-corrected chi connectivity index (χ2v) is 10.4. The molecule has 37 heavy (non-hydrogen) atoms. The summed E-state index contributed by atoms with van der Waals surface area (Å²) in [5.41, 5.74) is 1.69. The first-order chi connectivity index (χ1) is 17.7. The van der Waals surface area contributed by atoms with Crippen molar-refractivity contribution in [1.29, 1.82) is 0 Å². The van der Waals surface area contributed by atoms with E-state index in [1.165, 1.54) is 22.8 Å². The highest BCUT2D eigenvalue weighted by molar-refractivity contribution is 5.90. The maximum atomic E-state index is 15.7. The first kappa shape index (κ1) is 25.0. The third-order valence-electron chi connectivity index (χ3n) is 7.24. The standard InChI is InChI=1S/C29H31F2N5O/c1-16(2)24-26(18(4)12-13-32-24)36-28-21(14-23(31)25(33-28)20-8-6-7-9-22(20)30)27(34-29(36)37)35-15-17(3)10-11-19(35)5/h6-9,12-14,16-17,19H,10-11,15H2,1-5H3/t17-,19-/m0/s1. The van der Waals surface area contributed by atoms with Crippen LogP contribution in [0.2, 0.25) is 0 Å². The van der Waals surface area contributed by atoms with Crippen molar-refractivity contribution in [2.45, 2.75) is 59.4 Å². The van der Waals surface area contributed by atoms with Crippen LogP contribution in [-0.2, 0) is 0 Å². The van der Waals surface area contributed by atoms with Crippen LogP contribution in [0.3, 0.4) is 0 Å². The molecule has 1 fully saturated rings. The normalized spacial score (nSPS) is 18.1. The minimum Gasteiger partial charge on any atom is -0.353 e. The zero-order valence-electron chi connectivity index (χ0n) is 21.8. The van der Waals surface area contributed by atoms with Crippen molar-refractivity contribution in [3.8, 4) is 16.9 Å². The van der Waals surface area contributed by atoms with E-state index in [0.717, 1.165) is 18.4 Å². The van der Waals surface area contributed by atoms with Gasteiger partial charge in [0.05, 0.1) is 16.8 Å². The van der Waals surface area contributed by atoms with E-state index in [0.29, 0.717) is 35.0 Å². The Morgan fingerprint density at radius 1 is 1.03 bits per heavy atom. The number of fused-ring (bicyclic) bond motifs is 1. The number of rotatable bonds is 4. The fourth-order valence-corrected chi connectivity index (χ4v) is 5.24. The van der Waals surface area contributed by atoms with Crippen molar-refractivity contribution >= 4 is 16.9 Å². The molecule has 6 nitrogen and oxygen atoms in total. The minimum absolute atomic E-state index is 0.00554. The van der Waals surface area contributed by atoms with Crippen LogP contribution in [0.1, 0.15) is 57.7 Å². The number of aryl methyl sites for hydroxylation is 1. The Labute approximate surface area is 215 Å². The summed E-state index contributed by atoms with van der Waals surface area (Å²) in [7, 11) is 0. The minimum atomic E-state index is -0.671. The van der Waals surface area contributed by atoms with Gasteiger partial charge in [0.1, 0.15) is 23.1 Å². The van der Waals surface area contributed by atoms with Crippen molar-refractivity contribution < 1.29 is 8.78 Å². The second kappa shape index (κ2) is 9.65. The highest BCUT2D eigenvalue weighted by Gasteiger charge is 2.29. The molecule has 0 aliphatic carbocycles. The van der Waals surface area contributed by atoms with E-state index in [1.54, 1.807) is 18.3 Å². The van der Waals surface area contributed by atoms with Crippen LogP contribution in [0.15, 0.2) is 47.4 Å². The summed E-state index contributed by atoms with van der Waals surface area (Å²) in [6.07, 6.45) is 3.72. The molecular formula is C29H31F2N5O. The maximum Gasteiger partial charge on any atom is 0.355 e. The number of hydrogen-bond donors (Lipinski definition) is 0. The molecule has 1 saturated heterocycles. The molecule has 1 aliphatic heterocycles. The zero-order chi connectivity index (χ0) is 26.4. The van der Waals surface area contributed by atoms with Gasteiger partial charge in [0.2, 0.25) is 0 Å². The van der Waals surface area contributed by atoms with Gasteiger partial charge in [-0.15, -0.1) is 0 Å². The van der Waals surface area contributed by atoms with Gasteiger partial charge >= 0.3 is 5.69 Å². The lowest BCUT2D eigenvalue weighted by atomic mass is 9.95. The van der Waals surface area contributed by atoms with Gasteiger partial charge in [-0.3, -0.25) is 4.98 Å². The molecule has 2 atom stereocenters. The predicted molar refractivity (Wildman–Crippen MR) is 142 cm³/mol. The number of hydrogen-bond acceptors (Lipinski definition) is 5. The number of aromatic nitrogens is 4. The van der Waals surface area contributed by atoms with Crippen molar-refractivity contribution in [1.82, 2.24) is 19.5 Å². The average molecular weight is 504 g/mol. The molecular weight excluding hydrogens is 472 g/mol. The summed E-state index contributed by atoms with van der Waals surface area (Å²) in [5.74, 6) is -0.439. The Bertz CT molecular complexity index is 1550. The Kier molecular flexibility index (Phi) is 6.52. The molecule has 5 rings (SSSR count). The van der Waals surface area contributed by atoms with Crippen LogP contribution < -0.4 is 10.6 Å². The highest BCUT2D eigenvalue weighted by atomic mass is 19.1. The number of nitrogens with zero attached hydrogens (tertiary/aromatic N) is 5. The smallest absolute Gasteiger partial charge is 0.353 e. The number of anilines is 1. The monoisotopic (exact) mass is 503 g/mol. The van der Waals surface area contributed by atoms with Gasteiger partial charge in [0, 0.05) is 24.3 Å². The summed E-state index contributed by atoms with van der Waals surface area (Å²) in [5, 5.41) is 0.413. The van der Waals surface area contributed by atoms with Crippen molar-refractivity contribution in [3.63, 3.8) is 0 Å². The molecule has 0 amide bonds. The van der Waals surface area contributed by atoms with E-state index >= 15 is 4.39 Å². The largest absolute Gasteiger partial charge is 0.355 e. The molecule has 0 bridgehead atoms. The van der Waals surface area contributed by atoms with Crippen molar-refractivity contribution in [3.05, 3.63) is 76.0 Å². The van der Waals surface area contributed by atoms with Gasteiger partial charge < -0.3 is 4.90 Å². The van der Waals surface area contributed by atoms with Gasteiger partial charge in [0.15, 0.2) is 5.65 Å². The van der Waals surface area contributed by atoms with Crippen LogP contribution in [-0.4, -0.2) is 32.1 Å². The van der Waals surface area contributed by atoms with Crippen LogP contribution >= 0.6 is 0 Å². The van der Waals surface area contributed by atoms with Gasteiger partial charge in [-0.2, -0.15) is 4.98 Å². The van der Waals surface area contributed by atoms with Crippen LogP contribution in [0, 0.1) is 24.5 Å². The van der Waals surface area contributed by atoms with E-state index in [9.17, 15) is 9.18 Å². The Morgan fingerprint density at radius 3 is 2.51 bits per heavy atom. The SMILES string of the molecule is Cc1ccnc(C(C)C)c1-n1c(=O)nc(N2C[C@@H](C)CC[C@@H]2C)c2cc(F)c(-c3ccccc3F)nc21. The third kappa shape index (κ3) is 4.38. The summed E-state index contributed by atoms with van der Waals surface area (Å²) in [6.45, 7) is 10.8. The molecule has 3 aromatic heterocycles. The number of piperidine rings is 1. The molecule has 8 heteroatoms. The van der Waals surface area contributed by atoms with Gasteiger partial charge in [-0.1, -0.05) is 32.9 Å². The molecule has 4 heterocycles. The molecule has 1 aromatic carbocycles. The van der Waals surface area contributed by atoms with Gasteiger partial charge in [0.25, 0.3) is 0 Å². The lowest BCUT2D eigenvalue weighted by Gasteiger charge is -2.38. The first-order valence-electron chi connectivity index (χ1n) is 12.8. The quantitative estimate of drug-likeness (QED) is 0.333. The third-order valence-corrected chi connectivity index (χ3v) is 7.24. The molecule has 0 saturated carbocycles. The van der Waals surface area contributed by atoms with E-state index in [2.05, 4.69) is 33.7 Å². The fraction of sp³-hybridized carbons (Fsp3) is 0.379. The van der Waals surface area contributed by atoms with E-state index in [-0.39, 0.29) is 28.9 Å². The molecule has 192 valence electrons. The zero-order valence-corrected chi connectivity index (χ0v) is 21.8. The summed E-state index contributed by atoms with van der Waals surface area (Å²) < 4.78 is 31.8. The highest BCUT2D eigenvalue weighted by Crippen LogP contribution is 2.35. The Hall–Kier alpha value is -3.68. The van der Waals surface area contributed by atoms with Crippen LogP contribution in [0.4, 0.5) is 14.6 Å². The lowest BCUT2D eigenvalue weighted by Crippen LogP contribution is -2.43. The van der Waals surface area contributed by atoms with Gasteiger partial charge in [-0.05, 0) is 68.4 Å². The summed E-state index contributed by atoms with van der Waals surface area (Å²) in [6, 6.07) is 9.22. The lowest BCUT2D eigenvalue weighted by molar-refractivity contribution is 0.388. The first-order valence-corrected chi connectivity index (χ1v) is 12.8. The Morgan fingerprint density at radius 2 is 1.78 bits per heavy atom. The van der Waals surface area contributed by atoms with Crippen LogP contribution in [0.5, 0.6) is 0 Å². The van der Waals surface area contributed by atoms with E-state index < -0.39 is 17.3 Å². The van der Waals surface area contributed by atoms with E-state index in [1.807, 2.05) is 26.8 Å². The van der Waals surface area contributed by atoms with Crippen molar-refractivity contribution in [2.24, 2.45) is 5.92 Å². The van der Waals surface area contributed by atoms with Gasteiger partial charge in [-0.25, -0.2) is 23.1 Å². The Balaban J connectivity index is 1.90. The molecule has 1 aliphatic rings. The predicted octanol–water partition coefficient (Wildman–Crippen LogP) is 6.18. The average Bonchev–Trinajstić information content (AvgIpc) is 2.86. The summed E-state index contributed by atoms with van der Waals surface area (Å²) >= 11 is 0. The molecule has 0 radical (unpaired) electrons. The maximum absolute atomic E-state index is 15.7. The molecule has 0 spiro atoms. The van der Waals surface area contributed by atoms with E-state index in [4.69, 9.17) is 0 Å². The number of benzene rings is 1. The topological polar surface area (TPSA) is 63.9 Å². The molecule has 4 aromatic rings. The number of pyridine rings is 2. The fourth-order valence-electron chi connectivity index (χ4n) is 5.24. The molecule has 0 unspecified atom stereocenters. The molecule has 0 N–H and O–H groups in total. The summed E-state index contributed by atoms with van der Waals surface area (Å²) in [4.78, 5) is 29.6.